The van der Waals surface area contributed by atoms with Crippen molar-refractivity contribution in [3.8, 4) is 6.07 Å². The molecule has 1 saturated heterocycles. The van der Waals surface area contributed by atoms with Gasteiger partial charge in [-0.1, -0.05) is 5.16 Å². The molecule has 1 aliphatic heterocycles. The minimum atomic E-state index is -0.116. The van der Waals surface area contributed by atoms with Crippen molar-refractivity contribution in [1.82, 2.24) is 20.0 Å². The molecule has 0 bridgehead atoms. The molecule has 124 valence electrons. The van der Waals surface area contributed by atoms with E-state index in [1.165, 1.54) is 6.20 Å². The van der Waals surface area contributed by atoms with Gasteiger partial charge in [0.1, 0.15) is 17.6 Å². The first-order valence-corrected chi connectivity index (χ1v) is 7.56. The topological polar surface area (TPSA) is 111 Å². The lowest BCUT2D eigenvalue weighted by Gasteiger charge is -2.34. The van der Waals surface area contributed by atoms with Gasteiger partial charge in [0.2, 0.25) is 5.91 Å². The van der Waals surface area contributed by atoms with Gasteiger partial charge in [0.05, 0.1) is 18.9 Å². The van der Waals surface area contributed by atoms with E-state index in [2.05, 4.69) is 30.2 Å². The maximum absolute atomic E-state index is 12.0. The third-order valence-corrected chi connectivity index (χ3v) is 3.71. The van der Waals surface area contributed by atoms with E-state index in [0.717, 1.165) is 32.0 Å². The van der Waals surface area contributed by atoms with Crippen LogP contribution in [0.15, 0.2) is 23.0 Å². The predicted octanol–water partition coefficient (Wildman–Crippen LogP) is 0.405. The molecule has 9 heteroatoms. The zero-order valence-corrected chi connectivity index (χ0v) is 13.3. The van der Waals surface area contributed by atoms with E-state index in [0.29, 0.717) is 23.8 Å². The van der Waals surface area contributed by atoms with Gasteiger partial charge in [-0.25, -0.2) is 9.97 Å². The number of carbonyl (C=O) groups excluding carboxylic acids is 1. The number of nitriles is 1. The SMILES string of the molecule is Cc1cc(NC(=O)CN2CCN(c3cnc(C#N)cn3)CC2)no1. The fourth-order valence-corrected chi connectivity index (χ4v) is 2.49. The second-order valence-electron chi connectivity index (χ2n) is 5.51. The van der Waals surface area contributed by atoms with Gasteiger partial charge in [0.15, 0.2) is 11.5 Å². The number of rotatable bonds is 4. The number of carbonyl (C=O) groups is 1. The number of aryl methyl sites for hydroxylation is 1. The summed E-state index contributed by atoms with van der Waals surface area (Å²) in [7, 11) is 0. The van der Waals surface area contributed by atoms with Gasteiger partial charge in [-0.15, -0.1) is 0 Å². The van der Waals surface area contributed by atoms with Crippen molar-refractivity contribution in [3.63, 3.8) is 0 Å². The third-order valence-electron chi connectivity index (χ3n) is 3.71. The van der Waals surface area contributed by atoms with Gasteiger partial charge in [0, 0.05) is 32.2 Å². The lowest BCUT2D eigenvalue weighted by atomic mass is 10.3. The fraction of sp³-hybridized carbons (Fsp3) is 0.400. The molecule has 0 aliphatic carbocycles. The molecule has 0 saturated carbocycles. The highest BCUT2D eigenvalue weighted by atomic mass is 16.5. The summed E-state index contributed by atoms with van der Waals surface area (Å²) in [6.45, 7) is 5.06. The summed E-state index contributed by atoms with van der Waals surface area (Å²) in [5, 5.41) is 15.2. The molecule has 0 atom stereocenters. The molecule has 0 unspecified atom stereocenters. The predicted molar refractivity (Wildman–Crippen MR) is 85.3 cm³/mol. The van der Waals surface area contributed by atoms with Crippen LogP contribution >= 0.6 is 0 Å². The van der Waals surface area contributed by atoms with Gasteiger partial charge in [-0.3, -0.25) is 9.69 Å². The zero-order valence-electron chi connectivity index (χ0n) is 13.3. The number of hydrogen-bond donors (Lipinski definition) is 1. The van der Waals surface area contributed by atoms with Crippen LogP contribution in [0.1, 0.15) is 11.5 Å². The second-order valence-corrected chi connectivity index (χ2v) is 5.51. The summed E-state index contributed by atoms with van der Waals surface area (Å²) >= 11 is 0. The zero-order chi connectivity index (χ0) is 16.9. The van der Waals surface area contributed by atoms with Crippen molar-refractivity contribution < 1.29 is 9.32 Å². The summed E-state index contributed by atoms with van der Waals surface area (Å²) in [6, 6.07) is 3.63. The van der Waals surface area contributed by atoms with Gasteiger partial charge in [-0.2, -0.15) is 5.26 Å². The van der Waals surface area contributed by atoms with Gasteiger partial charge >= 0.3 is 0 Å². The molecule has 1 fully saturated rings. The Labute approximate surface area is 138 Å². The van der Waals surface area contributed by atoms with Gasteiger partial charge < -0.3 is 14.7 Å². The molecule has 9 nitrogen and oxygen atoms in total. The minimum Gasteiger partial charge on any atom is -0.360 e. The molecule has 3 rings (SSSR count). The molecule has 0 spiro atoms. The van der Waals surface area contributed by atoms with E-state index >= 15 is 0 Å². The van der Waals surface area contributed by atoms with Crippen LogP contribution in [0, 0.1) is 18.3 Å². The Bertz CT molecular complexity index is 742. The van der Waals surface area contributed by atoms with Crippen molar-refractivity contribution in [1.29, 1.82) is 5.26 Å². The first-order chi connectivity index (χ1) is 11.6. The average Bonchev–Trinajstić information content (AvgIpc) is 3.00. The average molecular weight is 327 g/mol. The van der Waals surface area contributed by atoms with E-state index in [1.54, 1.807) is 19.2 Å². The van der Waals surface area contributed by atoms with Gasteiger partial charge in [-0.05, 0) is 6.92 Å². The van der Waals surface area contributed by atoms with Crippen LogP contribution in [0.2, 0.25) is 0 Å². The number of nitrogens with zero attached hydrogens (tertiary/aromatic N) is 6. The number of hydrogen-bond acceptors (Lipinski definition) is 8. The summed E-state index contributed by atoms with van der Waals surface area (Å²) < 4.78 is 4.92. The number of amides is 1. The van der Waals surface area contributed by atoms with E-state index in [-0.39, 0.29) is 5.91 Å². The first-order valence-electron chi connectivity index (χ1n) is 7.56. The van der Waals surface area contributed by atoms with Crippen molar-refractivity contribution in [2.45, 2.75) is 6.92 Å². The molecule has 1 N–H and O–H groups in total. The molecule has 0 aromatic carbocycles. The third kappa shape index (κ3) is 3.85. The Morgan fingerprint density at radius 2 is 2.12 bits per heavy atom. The summed E-state index contributed by atoms with van der Waals surface area (Å²) in [5.41, 5.74) is 0.303. The quantitative estimate of drug-likeness (QED) is 0.859. The normalized spacial score (nSPS) is 15.1. The largest absolute Gasteiger partial charge is 0.360 e. The lowest BCUT2D eigenvalue weighted by molar-refractivity contribution is -0.117. The molecule has 24 heavy (non-hydrogen) atoms. The van der Waals surface area contributed by atoms with Crippen molar-refractivity contribution in [3.05, 3.63) is 29.9 Å². The summed E-state index contributed by atoms with van der Waals surface area (Å²) in [6.07, 6.45) is 3.07. The van der Waals surface area contributed by atoms with Crippen LogP contribution in [-0.4, -0.2) is 58.7 Å². The van der Waals surface area contributed by atoms with Crippen molar-refractivity contribution in [2.75, 3.05) is 42.9 Å². The molecule has 2 aromatic rings. The smallest absolute Gasteiger partial charge is 0.239 e. The van der Waals surface area contributed by atoms with Gasteiger partial charge in [0.25, 0.3) is 0 Å². The summed E-state index contributed by atoms with van der Waals surface area (Å²) in [5.74, 6) is 1.72. The Kier molecular flexibility index (Phi) is 4.67. The summed E-state index contributed by atoms with van der Waals surface area (Å²) in [4.78, 5) is 24.4. The Morgan fingerprint density at radius 1 is 1.33 bits per heavy atom. The Hall–Kier alpha value is -2.99. The van der Waals surface area contributed by atoms with Crippen LogP contribution in [-0.2, 0) is 4.79 Å². The molecular weight excluding hydrogens is 310 g/mol. The Morgan fingerprint density at radius 3 is 2.71 bits per heavy atom. The van der Waals surface area contributed by atoms with Crippen LogP contribution in [0.5, 0.6) is 0 Å². The fourth-order valence-electron chi connectivity index (χ4n) is 2.49. The standard InChI is InChI=1S/C15H17N7O2/c1-11-6-13(20-24-11)19-15(23)10-21-2-4-22(5-3-21)14-9-17-12(7-16)8-18-14/h6,8-9H,2-5,10H2,1H3,(H,19,20,23). The highest BCUT2D eigenvalue weighted by Crippen LogP contribution is 2.12. The highest BCUT2D eigenvalue weighted by molar-refractivity contribution is 5.91. The van der Waals surface area contributed by atoms with E-state index in [9.17, 15) is 4.79 Å². The van der Waals surface area contributed by atoms with Crippen molar-refractivity contribution in [2.24, 2.45) is 0 Å². The second kappa shape index (κ2) is 7.06. The number of anilines is 2. The van der Waals surface area contributed by atoms with Crippen molar-refractivity contribution >= 4 is 17.5 Å². The van der Waals surface area contributed by atoms with Crippen LogP contribution in [0.25, 0.3) is 0 Å². The van der Waals surface area contributed by atoms with Crippen LogP contribution < -0.4 is 10.2 Å². The minimum absolute atomic E-state index is 0.116. The highest BCUT2D eigenvalue weighted by Gasteiger charge is 2.20. The van der Waals surface area contributed by atoms with E-state index in [4.69, 9.17) is 9.78 Å². The van der Waals surface area contributed by atoms with E-state index in [1.807, 2.05) is 6.07 Å². The monoisotopic (exact) mass is 327 g/mol. The molecule has 3 heterocycles. The van der Waals surface area contributed by atoms with Crippen LogP contribution in [0.3, 0.4) is 0 Å². The lowest BCUT2D eigenvalue weighted by Crippen LogP contribution is -2.49. The number of nitrogens with one attached hydrogen (secondary N) is 1. The number of aromatic nitrogens is 3. The number of piperazine rings is 1. The first kappa shape index (κ1) is 15.9. The molecule has 1 aliphatic rings. The molecule has 1 amide bonds. The molecule has 2 aromatic heterocycles. The Balaban J connectivity index is 1.47. The maximum Gasteiger partial charge on any atom is 0.239 e. The molecular formula is C15H17N7O2. The van der Waals surface area contributed by atoms with Crippen LogP contribution in [0.4, 0.5) is 11.6 Å². The van der Waals surface area contributed by atoms with E-state index < -0.39 is 0 Å². The molecule has 0 radical (unpaired) electrons. The maximum atomic E-state index is 12.0.